The van der Waals surface area contributed by atoms with Crippen LogP contribution in [0.3, 0.4) is 0 Å². The van der Waals surface area contributed by atoms with Gasteiger partial charge in [0.25, 0.3) is 0 Å². The summed E-state index contributed by atoms with van der Waals surface area (Å²) >= 11 is 0. The van der Waals surface area contributed by atoms with Crippen LogP contribution in [0.4, 0.5) is 5.69 Å². The number of sulfonamides is 1. The minimum Gasteiger partial charge on any atom is -0.305 e. The van der Waals surface area contributed by atoms with E-state index in [4.69, 9.17) is 0 Å². The second-order valence-electron chi connectivity index (χ2n) is 6.04. The third kappa shape index (κ3) is 2.54. The molecule has 2 aliphatic rings. The second kappa shape index (κ2) is 5.66. The van der Waals surface area contributed by atoms with E-state index >= 15 is 0 Å². The zero-order chi connectivity index (χ0) is 15.9. The molecule has 3 heterocycles. The Labute approximate surface area is 130 Å². The van der Waals surface area contributed by atoms with Crippen LogP contribution < -0.4 is 4.90 Å². The smallest absolute Gasteiger partial charge is 0.229 e. The highest BCUT2D eigenvalue weighted by atomic mass is 32.2. The van der Waals surface area contributed by atoms with Crippen LogP contribution in [0.25, 0.3) is 0 Å². The van der Waals surface area contributed by atoms with Gasteiger partial charge in [-0.15, -0.1) is 0 Å². The third-order valence-electron chi connectivity index (χ3n) is 4.53. The molecule has 0 radical (unpaired) electrons. The Morgan fingerprint density at radius 2 is 2.14 bits per heavy atom. The van der Waals surface area contributed by atoms with Gasteiger partial charge in [0, 0.05) is 26.2 Å². The molecule has 0 saturated carbocycles. The fourth-order valence-corrected chi connectivity index (χ4v) is 5.37. The first-order valence-corrected chi connectivity index (χ1v) is 9.35. The first-order valence-electron chi connectivity index (χ1n) is 7.74. The van der Waals surface area contributed by atoms with Crippen molar-refractivity contribution in [3.05, 3.63) is 12.4 Å². The average molecular weight is 326 g/mol. The number of carbonyl (C=O) groups is 1. The molecule has 2 atom stereocenters. The molecule has 0 aromatic carbocycles. The van der Waals surface area contributed by atoms with Gasteiger partial charge in [-0.2, -0.15) is 9.40 Å². The van der Waals surface area contributed by atoms with Crippen LogP contribution in [-0.4, -0.2) is 52.8 Å². The maximum Gasteiger partial charge on any atom is 0.229 e. The number of aromatic nitrogens is 2. The highest BCUT2D eigenvalue weighted by Gasteiger charge is 2.50. The Morgan fingerprint density at radius 1 is 1.36 bits per heavy atom. The summed E-state index contributed by atoms with van der Waals surface area (Å²) in [5.74, 6) is 0.159. The van der Waals surface area contributed by atoms with Crippen LogP contribution in [0, 0.1) is 0 Å². The maximum absolute atomic E-state index is 12.5. The lowest BCUT2D eigenvalue weighted by Gasteiger charge is -2.24. The number of aryl methyl sites for hydroxylation is 1. The molecule has 8 heteroatoms. The molecule has 0 bridgehead atoms. The number of fused-ring (bicyclic) bond motifs is 1. The number of hydrogen-bond donors (Lipinski definition) is 0. The number of anilines is 1. The molecule has 1 aromatic heterocycles. The molecule has 0 unspecified atom stereocenters. The summed E-state index contributed by atoms with van der Waals surface area (Å²) in [6.07, 6.45) is 5.93. The van der Waals surface area contributed by atoms with Crippen molar-refractivity contribution in [2.24, 2.45) is 7.05 Å². The molecular weight excluding hydrogens is 304 g/mol. The topological polar surface area (TPSA) is 75.5 Å². The Hall–Kier alpha value is -1.41. The van der Waals surface area contributed by atoms with Gasteiger partial charge in [-0.3, -0.25) is 9.48 Å². The fourth-order valence-electron chi connectivity index (χ4n) is 3.47. The lowest BCUT2D eigenvalue weighted by Crippen LogP contribution is -2.40. The van der Waals surface area contributed by atoms with E-state index in [-0.39, 0.29) is 30.2 Å². The number of hydrogen-bond acceptors (Lipinski definition) is 4. The average Bonchev–Trinajstić information content (AvgIpc) is 3.11. The van der Waals surface area contributed by atoms with Crippen molar-refractivity contribution in [2.75, 3.05) is 17.2 Å². The number of carbonyl (C=O) groups excluding carboxylic acids is 1. The normalized spacial score (nSPS) is 25.9. The van der Waals surface area contributed by atoms with E-state index in [0.29, 0.717) is 19.4 Å². The van der Waals surface area contributed by atoms with Crippen LogP contribution in [-0.2, 0) is 21.9 Å². The van der Waals surface area contributed by atoms with E-state index in [0.717, 1.165) is 12.1 Å². The van der Waals surface area contributed by atoms with E-state index in [1.807, 2.05) is 6.92 Å². The van der Waals surface area contributed by atoms with Gasteiger partial charge in [-0.1, -0.05) is 13.3 Å². The standard InChI is InChI=1S/C14H22N4O3S/c1-3-4-7-22(20,21)17-6-5-12-13(17)8-14(19)18(12)11-9-15-16(2)10-11/h9-10,12-13H,3-8H2,1-2H3/t12-,13+/m1/s1. The van der Waals surface area contributed by atoms with Crippen molar-refractivity contribution >= 4 is 21.6 Å². The maximum atomic E-state index is 12.5. The van der Waals surface area contributed by atoms with E-state index in [9.17, 15) is 13.2 Å². The molecule has 0 spiro atoms. The van der Waals surface area contributed by atoms with Crippen molar-refractivity contribution in [1.82, 2.24) is 14.1 Å². The number of unbranched alkanes of at least 4 members (excludes halogenated alkanes) is 1. The molecule has 1 amide bonds. The fraction of sp³-hybridized carbons (Fsp3) is 0.714. The minimum absolute atomic E-state index is 0.0154. The molecule has 1 aromatic rings. The van der Waals surface area contributed by atoms with E-state index in [2.05, 4.69) is 5.10 Å². The van der Waals surface area contributed by atoms with Crippen molar-refractivity contribution in [3.63, 3.8) is 0 Å². The summed E-state index contributed by atoms with van der Waals surface area (Å²) < 4.78 is 28.1. The summed E-state index contributed by atoms with van der Waals surface area (Å²) in [6, 6.07) is -0.289. The SMILES string of the molecule is CCCCS(=O)(=O)N1CC[C@@H]2[C@@H]1CC(=O)N2c1cnn(C)c1. The van der Waals surface area contributed by atoms with Crippen LogP contribution in [0.2, 0.25) is 0 Å². The number of amides is 1. The van der Waals surface area contributed by atoms with Crippen molar-refractivity contribution < 1.29 is 13.2 Å². The summed E-state index contributed by atoms with van der Waals surface area (Å²) in [5, 5.41) is 4.11. The van der Waals surface area contributed by atoms with Crippen LogP contribution >= 0.6 is 0 Å². The van der Waals surface area contributed by atoms with Gasteiger partial charge in [0.2, 0.25) is 15.9 Å². The summed E-state index contributed by atoms with van der Waals surface area (Å²) in [5.41, 5.74) is 0.757. The van der Waals surface area contributed by atoms with Crippen LogP contribution in [0.1, 0.15) is 32.6 Å². The second-order valence-corrected chi connectivity index (χ2v) is 8.08. The highest BCUT2D eigenvalue weighted by Crippen LogP contribution is 2.37. The molecule has 0 aliphatic carbocycles. The molecular formula is C14H22N4O3S. The molecule has 0 N–H and O–H groups in total. The highest BCUT2D eigenvalue weighted by molar-refractivity contribution is 7.89. The van der Waals surface area contributed by atoms with Crippen molar-refractivity contribution in [3.8, 4) is 0 Å². The molecule has 3 rings (SSSR count). The van der Waals surface area contributed by atoms with Crippen molar-refractivity contribution in [1.29, 1.82) is 0 Å². The number of rotatable bonds is 5. The quantitative estimate of drug-likeness (QED) is 0.799. The minimum atomic E-state index is -3.27. The molecule has 2 fully saturated rings. The molecule has 2 saturated heterocycles. The third-order valence-corrected chi connectivity index (χ3v) is 6.50. The Bertz CT molecular complexity index is 669. The predicted octanol–water partition coefficient (Wildman–Crippen LogP) is 0.730. The van der Waals surface area contributed by atoms with Gasteiger partial charge < -0.3 is 4.90 Å². The predicted molar refractivity (Wildman–Crippen MR) is 82.9 cm³/mol. The summed E-state index contributed by atoms with van der Waals surface area (Å²) in [4.78, 5) is 14.1. The molecule has 7 nitrogen and oxygen atoms in total. The first-order chi connectivity index (χ1) is 10.4. The zero-order valence-electron chi connectivity index (χ0n) is 13.0. The largest absolute Gasteiger partial charge is 0.305 e. The molecule has 122 valence electrons. The van der Waals surface area contributed by atoms with E-state index in [1.54, 1.807) is 33.3 Å². The monoisotopic (exact) mass is 326 g/mol. The molecule has 22 heavy (non-hydrogen) atoms. The Morgan fingerprint density at radius 3 is 2.77 bits per heavy atom. The Kier molecular flexibility index (Phi) is 3.98. The van der Waals surface area contributed by atoms with Gasteiger partial charge in [0.05, 0.1) is 29.7 Å². The lowest BCUT2D eigenvalue weighted by molar-refractivity contribution is -0.117. The van der Waals surface area contributed by atoms with Crippen molar-refractivity contribution in [2.45, 2.75) is 44.7 Å². The molecule has 2 aliphatic heterocycles. The van der Waals surface area contributed by atoms with Gasteiger partial charge >= 0.3 is 0 Å². The van der Waals surface area contributed by atoms with E-state index < -0.39 is 10.0 Å². The van der Waals surface area contributed by atoms with Crippen LogP contribution in [0.15, 0.2) is 12.4 Å². The summed E-state index contributed by atoms with van der Waals surface area (Å²) in [6.45, 7) is 2.48. The van der Waals surface area contributed by atoms with Gasteiger partial charge in [-0.05, 0) is 12.8 Å². The summed E-state index contributed by atoms with van der Waals surface area (Å²) in [7, 11) is -1.46. The lowest BCUT2D eigenvalue weighted by atomic mass is 10.1. The van der Waals surface area contributed by atoms with Crippen LogP contribution in [0.5, 0.6) is 0 Å². The number of nitrogens with zero attached hydrogens (tertiary/aromatic N) is 4. The van der Waals surface area contributed by atoms with Gasteiger partial charge in [0.1, 0.15) is 0 Å². The van der Waals surface area contributed by atoms with Gasteiger partial charge in [-0.25, -0.2) is 8.42 Å². The van der Waals surface area contributed by atoms with Gasteiger partial charge in [0.15, 0.2) is 0 Å². The van der Waals surface area contributed by atoms with E-state index in [1.165, 1.54) is 0 Å². The first kappa shape index (κ1) is 15.5. The zero-order valence-corrected chi connectivity index (χ0v) is 13.8. The Balaban J connectivity index is 1.82.